The fraction of sp³-hybridized carbons (Fsp3) is 0.500. The molecule has 2 fully saturated rings. The largest absolute Gasteiger partial charge is 0.496 e. The molecule has 1 unspecified atom stereocenters. The van der Waals surface area contributed by atoms with E-state index in [1.54, 1.807) is 17.7 Å². The lowest BCUT2D eigenvalue weighted by molar-refractivity contribution is 0.0542. The minimum absolute atomic E-state index is 0.164. The summed E-state index contributed by atoms with van der Waals surface area (Å²) in [5.74, 6) is 0.915. The van der Waals surface area contributed by atoms with Crippen molar-refractivity contribution in [2.24, 2.45) is 0 Å². The first-order chi connectivity index (χ1) is 18.6. The van der Waals surface area contributed by atoms with Gasteiger partial charge in [0.25, 0.3) is 0 Å². The Bertz CT molecular complexity index is 1400. The number of methoxy groups -OCH3 is 2. The molecule has 1 aliphatic heterocycles. The van der Waals surface area contributed by atoms with Gasteiger partial charge in [-0.2, -0.15) is 0 Å². The van der Waals surface area contributed by atoms with Gasteiger partial charge in [-0.3, -0.25) is 9.47 Å². The monoisotopic (exact) mass is 532 g/mol. The third-order valence-corrected chi connectivity index (χ3v) is 7.90. The van der Waals surface area contributed by atoms with Crippen LogP contribution in [0, 0.1) is 6.92 Å². The summed E-state index contributed by atoms with van der Waals surface area (Å²) in [6, 6.07) is 10.2. The molecule has 7 nitrogen and oxygen atoms in total. The first kappa shape index (κ1) is 27.3. The molecule has 208 valence electrons. The van der Waals surface area contributed by atoms with Crippen molar-refractivity contribution in [1.82, 2.24) is 9.47 Å². The molecule has 0 radical (unpaired) electrons. The second-order valence-electron chi connectivity index (χ2n) is 11.9. The molecule has 1 aromatic heterocycles. The van der Waals surface area contributed by atoms with Gasteiger partial charge < -0.3 is 14.2 Å². The highest BCUT2D eigenvalue weighted by Gasteiger charge is 2.33. The molecule has 1 saturated heterocycles. The Hall–Kier alpha value is -3.32. The van der Waals surface area contributed by atoms with Crippen molar-refractivity contribution in [3.05, 3.63) is 64.3 Å². The van der Waals surface area contributed by atoms with E-state index in [1.807, 2.05) is 39.1 Å². The van der Waals surface area contributed by atoms with Crippen LogP contribution >= 0.6 is 0 Å². The van der Waals surface area contributed by atoms with E-state index in [4.69, 9.17) is 14.2 Å². The zero-order chi connectivity index (χ0) is 27.9. The number of aromatic nitrogens is 1. The summed E-state index contributed by atoms with van der Waals surface area (Å²) in [4.78, 5) is 27.8. The Morgan fingerprint density at radius 2 is 1.77 bits per heavy atom. The van der Waals surface area contributed by atoms with Crippen LogP contribution in [0.2, 0.25) is 0 Å². The number of rotatable bonds is 6. The molecule has 0 spiro atoms. The maximum atomic E-state index is 13.1. The van der Waals surface area contributed by atoms with Crippen LogP contribution in [-0.2, 0) is 16.0 Å². The zero-order valence-electron chi connectivity index (χ0n) is 24.0. The van der Waals surface area contributed by atoms with Crippen molar-refractivity contribution in [2.75, 3.05) is 20.8 Å². The summed E-state index contributed by atoms with van der Waals surface area (Å²) in [5, 5.41) is 1.13. The molecular formula is C32H40N2O5. The highest BCUT2D eigenvalue weighted by atomic mass is 16.6. The number of ether oxygens (including phenoxy) is 3. The minimum Gasteiger partial charge on any atom is -0.496 e. The van der Waals surface area contributed by atoms with Crippen molar-refractivity contribution in [1.29, 1.82) is 0 Å². The molecule has 2 heterocycles. The van der Waals surface area contributed by atoms with Crippen molar-refractivity contribution < 1.29 is 23.8 Å². The highest BCUT2D eigenvalue weighted by molar-refractivity contribution is 5.94. The van der Waals surface area contributed by atoms with Crippen LogP contribution in [0.3, 0.4) is 0 Å². The third-order valence-electron chi connectivity index (χ3n) is 7.90. The van der Waals surface area contributed by atoms with E-state index in [9.17, 15) is 9.59 Å². The number of hydrogen-bond donors (Lipinski definition) is 0. The van der Waals surface area contributed by atoms with Crippen molar-refractivity contribution in [2.45, 2.75) is 83.9 Å². The second-order valence-corrected chi connectivity index (χ2v) is 11.9. The lowest BCUT2D eigenvalue weighted by Gasteiger charge is -2.37. The SMILES string of the molecule is COC(=O)c1ccc(C2CCCCN2Cc2c(C3CC3)cc(C)c3c2ccn3C(=O)OC(C)(C)C)c(OC)c1. The van der Waals surface area contributed by atoms with E-state index >= 15 is 0 Å². The summed E-state index contributed by atoms with van der Waals surface area (Å²) >= 11 is 0. The fourth-order valence-electron chi connectivity index (χ4n) is 5.99. The molecule has 2 aromatic carbocycles. The zero-order valence-corrected chi connectivity index (χ0v) is 24.0. The van der Waals surface area contributed by atoms with Crippen LogP contribution in [-0.4, -0.2) is 47.9 Å². The number of carbonyl (C=O) groups is 2. The van der Waals surface area contributed by atoms with Crippen LogP contribution in [0.5, 0.6) is 5.75 Å². The van der Waals surface area contributed by atoms with E-state index in [0.717, 1.165) is 54.4 Å². The van der Waals surface area contributed by atoms with E-state index in [0.29, 0.717) is 17.2 Å². The van der Waals surface area contributed by atoms with Crippen LogP contribution in [0.25, 0.3) is 10.9 Å². The van der Waals surface area contributed by atoms with E-state index in [-0.39, 0.29) is 18.1 Å². The highest BCUT2D eigenvalue weighted by Crippen LogP contribution is 2.46. The van der Waals surface area contributed by atoms with E-state index < -0.39 is 5.60 Å². The number of nitrogens with zero attached hydrogens (tertiary/aromatic N) is 2. The average Bonchev–Trinajstić information content (AvgIpc) is 3.65. The molecule has 2 aliphatic rings. The van der Waals surface area contributed by atoms with Crippen LogP contribution in [0.1, 0.15) is 97.4 Å². The molecule has 0 N–H and O–H groups in total. The first-order valence-corrected chi connectivity index (χ1v) is 14.0. The topological polar surface area (TPSA) is 70.0 Å². The smallest absolute Gasteiger partial charge is 0.418 e. The average molecular weight is 533 g/mol. The number of carbonyl (C=O) groups excluding carboxylic acids is 2. The van der Waals surface area contributed by atoms with Crippen molar-refractivity contribution >= 4 is 23.0 Å². The van der Waals surface area contributed by atoms with Crippen LogP contribution in [0.15, 0.2) is 36.5 Å². The van der Waals surface area contributed by atoms with Crippen LogP contribution < -0.4 is 4.74 Å². The molecular weight excluding hydrogens is 492 g/mol. The summed E-state index contributed by atoms with van der Waals surface area (Å²) in [7, 11) is 3.04. The number of fused-ring (bicyclic) bond motifs is 1. The van der Waals surface area contributed by atoms with Gasteiger partial charge in [0.15, 0.2) is 0 Å². The van der Waals surface area contributed by atoms with E-state index in [2.05, 4.69) is 24.0 Å². The summed E-state index contributed by atoms with van der Waals surface area (Å²) in [6.45, 7) is 9.52. The fourth-order valence-corrected chi connectivity index (χ4v) is 5.99. The Morgan fingerprint density at radius 3 is 2.44 bits per heavy atom. The molecule has 5 rings (SSSR count). The number of aryl methyl sites for hydroxylation is 1. The number of esters is 1. The van der Waals surface area contributed by atoms with Crippen molar-refractivity contribution in [3.8, 4) is 5.75 Å². The van der Waals surface area contributed by atoms with Gasteiger partial charge in [0.2, 0.25) is 0 Å². The number of benzene rings is 2. The lowest BCUT2D eigenvalue weighted by Crippen LogP contribution is -2.33. The van der Waals surface area contributed by atoms with Gasteiger partial charge in [-0.1, -0.05) is 18.6 Å². The number of piperidine rings is 1. The summed E-state index contributed by atoms with van der Waals surface area (Å²) in [5.41, 5.74) is 5.74. The van der Waals surface area contributed by atoms with Crippen molar-refractivity contribution in [3.63, 3.8) is 0 Å². The maximum absolute atomic E-state index is 13.1. The first-order valence-electron chi connectivity index (χ1n) is 14.0. The molecule has 0 bridgehead atoms. The standard InChI is InChI=1S/C32H40N2O5/c1-20-17-25(21-10-11-21)26(23-14-16-34(29(20)23)31(36)39-32(2,3)4)19-33-15-8-7-9-27(33)24-13-12-22(30(35)38-6)18-28(24)37-5/h12-14,16-18,21,27H,7-11,15,19H2,1-6H3. The van der Waals surface area contributed by atoms with E-state index in [1.165, 1.54) is 31.1 Å². The van der Waals surface area contributed by atoms with Gasteiger partial charge >= 0.3 is 12.1 Å². The summed E-state index contributed by atoms with van der Waals surface area (Å²) in [6.07, 6.45) is 7.20. The molecule has 39 heavy (non-hydrogen) atoms. The maximum Gasteiger partial charge on any atom is 0.418 e. The summed E-state index contributed by atoms with van der Waals surface area (Å²) < 4.78 is 18.1. The predicted octanol–water partition coefficient (Wildman–Crippen LogP) is 7.13. The van der Waals surface area contributed by atoms with Gasteiger partial charge in [-0.25, -0.2) is 9.59 Å². The molecule has 1 aliphatic carbocycles. The molecule has 7 heteroatoms. The Labute approximate surface area is 231 Å². The Morgan fingerprint density at radius 1 is 1.00 bits per heavy atom. The Balaban J connectivity index is 1.55. The second kappa shape index (κ2) is 10.7. The third kappa shape index (κ3) is 5.55. The normalized spacial score (nSPS) is 18.3. The van der Waals surface area contributed by atoms with Gasteiger partial charge in [0, 0.05) is 29.7 Å². The quantitative estimate of drug-likeness (QED) is 0.315. The molecule has 1 saturated carbocycles. The van der Waals surface area contributed by atoms with Gasteiger partial charge in [0.1, 0.15) is 11.4 Å². The predicted molar refractivity (Wildman–Crippen MR) is 152 cm³/mol. The van der Waals surface area contributed by atoms with Gasteiger partial charge in [-0.15, -0.1) is 0 Å². The molecule has 3 aromatic rings. The van der Waals surface area contributed by atoms with Gasteiger partial charge in [0.05, 0.1) is 25.3 Å². The van der Waals surface area contributed by atoms with Gasteiger partial charge in [-0.05, 0) is 101 Å². The van der Waals surface area contributed by atoms with Crippen LogP contribution in [0.4, 0.5) is 4.79 Å². The molecule has 0 amide bonds. The Kier molecular flexibility index (Phi) is 7.47. The minimum atomic E-state index is -0.568. The number of hydrogen-bond acceptors (Lipinski definition) is 6. The lowest BCUT2D eigenvalue weighted by atomic mass is 9.91. The number of likely N-dealkylation sites (tertiary alicyclic amines) is 1. The molecule has 1 atom stereocenters.